The fraction of sp³-hybridized carbons (Fsp3) is 0.400. The lowest BCUT2D eigenvalue weighted by molar-refractivity contribution is -0.128. The summed E-state index contributed by atoms with van der Waals surface area (Å²) in [4.78, 5) is 49.1. The van der Waals surface area contributed by atoms with Crippen molar-refractivity contribution < 1.29 is 68.8 Å². The van der Waals surface area contributed by atoms with Gasteiger partial charge in [-0.3, -0.25) is 9.59 Å². The maximum atomic E-state index is 12.6. The van der Waals surface area contributed by atoms with Crippen LogP contribution in [0.4, 0.5) is 0 Å². The molecule has 0 aromatic heterocycles. The third kappa shape index (κ3) is 11.4. The summed E-state index contributed by atoms with van der Waals surface area (Å²) in [5.74, 6) is -3.26. The molecule has 8 atom stereocenters. The van der Waals surface area contributed by atoms with Gasteiger partial charge in [-0.2, -0.15) is 0 Å². The second kappa shape index (κ2) is 19.7. The Balaban J connectivity index is 0.000000290. The van der Waals surface area contributed by atoms with Crippen molar-refractivity contribution in [1.29, 1.82) is 0 Å². The Morgan fingerprint density at radius 1 is 0.574 bits per heavy atom. The number of aliphatic hydroxyl groups excluding tert-OH is 4. The van der Waals surface area contributed by atoms with Crippen LogP contribution < -0.4 is 9.47 Å². The van der Waals surface area contributed by atoms with Crippen molar-refractivity contribution in [2.45, 2.75) is 77.2 Å². The van der Waals surface area contributed by atoms with Crippen LogP contribution in [0.2, 0.25) is 0 Å². The molecule has 0 bridgehead atoms. The van der Waals surface area contributed by atoms with Gasteiger partial charge in [0.05, 0.1) is 26.4 Å². The molecule has 0 amide bonds. The van der Waals surface area contributed by atoms with Crippen LogP contribution in [0.25, 0.3) is 12.2 Å². The van der Waals surface area contributed by atoms with Crippen molar-refractivity contribution in [2.75, 3.05) is 14.2 Å². The number of hydrogen-bond donors (Lipinski definition) is 6. The smallest absolute Gasteiger partial charge is 0.342 e. The van der Waals surface area contributed by atoms with Crippen molar-refractivity contribution >= 4 is 35.7 Å². The number of benzene rings is 2. The first-order chi connectivity index (χ1) is 25.5. The molecular weight excluding hydrogens is 704 g/mol. The van der Waals surface area contributed by atoms with E-state index in [-0.39, 0.29) is 47.3 Å². The summed E-state index contributed by atoms with van der Waals surface area (Å²) in [6.45, 7) is 6.80. The van der Waals surface area contributed by atoms with Gasteiger partial charge < -0.3 is 49.6 Å². The average Bonchev–Trinajstić information content (AvgIpc) is 3.13. The number of hydrogen-bond acceptors (Lipinski definition) is 14. The number of cyclic esters (lactones) is 2. The van der Waals surface area contributed by atoms with Crippen molar-refractivity contribution in [2.24, 2.45) is 11.8 Å². The molecule has 6 N–H and O–H groups in total. The lowest BCUT2D eigenvalue weighted by atomic mass is 9.99. The molecule has 0 radical (unpaired) electrons. The standard InChI is InChI=1S/2C20H24O7/c2*1-11-7-8-16(22)19(24)15(21)6-4-5-13-9-14(26-3)10-17(23)18(13)20(25)27-12(11)2/h2*4-5,7-12,15,19,21,23-24H,6H2,1-3H3/b2*5-4+,8-7-/t2*11-,12-,15-,19-/m00/s1. The zero-order chi connectivity index (χ0) is 40.3. The molecule has 2 heterocycles. The molecule has 0 saturated carbocycles. The lowest BCUT2D eigenvalue weighted by Gasteiger charge is -2.20. The Morgan fingerprint density at radius 3 is 1.26 bits per heavy atom. The maximum absolute atomic E-state index is 12.6. The molecule has 0 saturated heterocycles. The molecule has 4 rings (SSSR count). The zero-order valence-corrected chi connectivity index (χ0v) is 30.9. The van der Waals surface area contributed by atoms with Gasteiger partial charge in [0.2, 0.25) is 0 Å². The SMILES string of the molecule is COc1cc(O)c2c(c1)/C=C/C[C@H](O)[C@H](O)C(=O)/C=C\[C@H](C)[C@H](C)OC2=O.COc1cc(O)c2c(c1)/C=C/C[C@H](O)[C@H](O)C(=O)/C=C\[C@H](C)[C@H](C)OC2=O. The summed E-state index contributed by atoms with van der Waals surface area (Å²) in [6, 6.07) is 5.70. The molecule has 0 fully saturated rings. The van der Waals surface area contributed by atoms with Crippen LogP contribution in [-0.2, 0) is 19.1 Å². The highest BCUT2D eigenvalue weighted by molar-refractivity contribution is 5.98. The van der Waals surface area contributed by atoms with Crippen molar-refractivity contribution in [3.63, 3.8) is 0 Å². The molecule has 292 valence electrons. The van der Waals surface area contributed by atoms with Gasteiger partial charge in [-0.25, -0.2) is 9.59 Å². The third-order valence-electron chi connectivity index (χ3n) is 8.98. The van der Waals surface area contributed by atoms with E-state index >= 15 is 0 Å². The van der Waals surface area contributed by atoms with Crippen LogP contribution in [0, 0.1) is 11.8 Å². The second-order valence-corrected chi connectivity index (χ2v) is 13.0. The van der Waals surface area contributed by atoms with Crippen molar-refractivity contribution in [3.05, 3.63) is 83.0 Å². The predicted molar refractivity (Wildman–Crippen MR) is 197 cm³/mol. The summed E-state index contributed by atoms with van der Waals surface area (Å²) in [7, 11) is 2.85. The summed E-state index contributed by atoms with van der Waals surface area (Å²) in [6.07, 6.45) is 4.38. The number of ketones is 2. The summed E-state index contributed by atoms with van der Waals surface area (Å²) >= 11 is 0. The van der Waals surface area contributed by atoms with Crippen LogP contribution >= 0.6 is 0 Å². The zero-order valence-electron chi connectivity index (χ0n) is 30.9. The van der Waals surface area contributed by atoms with E-state index in [1.807, 2.05) is 0 Å². The maximum Gasteiger partial charge on any atom is 0.342 e. The number of fused-ring (bicyclic) bond motifs is 2. The summed E-state index contributed by atoms with van der Waals surface area (Å²) in [5, 5.41) is 60.4. The highest BCUT2D eigenvalue weighted by atomic mass is 16.5. The van der Waals surface area contributed by atoms with E-state index < -0.39 is 60.1 Å². The first-order valence-electron chi connectivity index (χ1n) is 17.2. The van der Waals surface area contributed by atoms with Gasteiger partial charge in [0, 0.05) is 24.0 Å². The highest BCUT2D eigenvalue weighted by Crippen LogP contribution is 2.32. The number of ether oxygens (including phenoxy) is 4. The van der Waals surface area contributed by atoms with E-state index in [0.29, 0.717) is 22.6 Å². The molecule has 2 aromatic carbocycles. The van der Waals surface area contributed by atoms with Crippen LogP contribution in [0.5, 0.6) is 23.0 Å². The lowest BCUT2D eigenvalue weighted by Crippen LogP contribution is -2.32. The van der Waals surface area contributed by atoms with E-state index in [0.717, 1.165) is 0 Å². The molecule has 0 unspecified atom stereocenters. The summed E-state index contributed by atoms with van der Waals surface area (Å²) < 4.78 is 21.1. The molecule has 2 aliphatic rings. The number of rotatable bonds is 2. The Labute approximate surface area is 313 Å². The first kappa shape index (κ1) is 43.1. The number of carbonyl (C=O) groups is 4. The number of carbonyl (C=O) groups excluding carboxylic acids is 4. The average molecular weight is 753 g/mol. The Kier molecular flexibility index (Phi) is 15.7. The van der Waals surface area contributed by atoms with Gasteiger partial charge in [0.25, 0.3) is 0 Å². The van der Waals surface area contributed by atoms with E-state index in [9.17, 15) is 49.8 Å². The normalized spacial score (nSPS) is 29.2. The molecule has 54 heavy (non-hydrogen) atoms. The number of phenolic OH excluding ortho intramolecular Hbond substituents is 2. The number of phenols is 2. The molecule has 0 spiro atoms. The molecule has 0 aliphatic carbocycles. The first-order valence-corrected chi connectivity index (χ1v) is 17.2. The van der Waals surface area contributed by atoms with Gasteiger partial charge in [-0.1, -0.05) is 50.3 Å². The van der Waals surface area contributed by atoms with Gasteiger partial charge in [0.15, 0.2) is 11.6 Å². The molecule has 2 aromatic rings. The van der Waals surface area contributed by atoms with Crippen LogP contribution in [-0.4, -0.2) is 105 Å². The Bertz CT molecular complexity index is 1660. The van der Waals surface area contributed by atoms with E-state index in [4.69, 9.17) is 18.9 Å². The predicted octanol–water partition coefficient (Wildman–Crippen LogP) is 3.69. The quantitative estimate of drug-likeness (QED) is 0.241. The van der Waals surface area contributed by atoms with E-state index in [1.165, 1.54) is 75.0 Å². The fourth-order valence-electron chi connectivity index (χ4n) is 5.17. The number of esters is 2. The molecule has 14 nitrogen and oxygen atoms in total. The number of methoxy groups -OCH3 is 2. The molecular formula is C40H48O14. The molecule has 14 heteroatoms. The van der Waals surface area contributed by atoms with Crippen molar-refractivity contribution in [1.82, 2.24) is 0 Å². The third-order valence-corrected chi connectivity index (χ3v) is 8.98. The number of aliphatic hydroxyl groups is 4. The molecule has 2 aliphatic heterocycles. The largest absolute Gasteiger partial charge is 0.507 e. The summed E-state index contributed by atoms with van der Waals surface area (Å²) in [5.41, 5.74) is 0.603. The topological polar surface area (TPSA) is 227 Å². The minimum Gasteiger partial charge on any atom is -0.507 e. The highest BCUT2D eigenvalue weighted by Gasteiger charge is 2.27. The fourth-order valence-corrected chi connectivity index (χ4v) is 5.17. The van der Waals surface area contributed by atoms with Gasteiger partial charge in [0.1, 0.15) is 58.5 Å². The number of aromatic hydroxyl groups is 2. The van der Waals surface area contributed by atoms with Crippen molar-refractivity contribution in [3.8, 4) is 23.0 Å². The monoisotopic (exact) mass is 752 g/mol. The van der Waals surface area contributed by atoms with Crippen LogP contribution in [0.1, 0.15) is 72.4 Å². The van der Waals surface area contributed by atoms with Gasteiger partial charge in [-0.05, 0) is 62.1 Å². The minimum atomic E-state index is -1.56. The van der Waals surface area contributed by atoms with Gasteiger partial charge in [-0.15, -0.1) is 0 Å². The van der Waals surface area contributed by atoms with E-state index in [2.05, 4.69) is 0 Å². The van der Waals surface area contributed by atoms with E-state index in [1.54, 1.807) is 39.8 Å². The minimum absolute atomic E-state index is 0.0286. The Morgan fingerprint density at radius 2 is 0.926 bits per heavy atom. The van der Waals surface area contributed by atoms with Gasteiger partial charge >= 0.3 is 11.9 Å². The second-order valence-electron chi connectivity index (χ2n) is 13.0. The Hall–Kier alpha value is -5.28. The van der Waals surface area contributed by atoms with Crippen LogP contribution in [0.3, 0.4) is 0 Å². The van der Waals surface area contributed by atoms with Crippen LogP contribution in [0.15, 0.2) is 60.7 Å².